The first kappa shape index (κ1) is 25.2. The summed E-state index contributed by atoms with van der Waals surface area (Å²) in [7, 11) is 0. The smallest absolute Gasteiger partial charge is 0.241 e. The highest BCUT2D eigenvalue weighted by Crippen LogP contribution is 2.29. The Balaban J connectivity index is 1.13. The first-order chi connectivity index (χ1) is 17.5. The molecule has 0 radical (unpaired) electrons. The molecule has 3 heterocycles. The molecule has 0 spiro atoms. The molecular weight excluding hydrogens is 497 g/mol. The standard InChI is InChI=1S/C27H31Cl2N5O2/c28-22-8-9-23(24(29)14-22)26-31-25(36-32-26)18-34-12-4-7-21(17-34)27(35)30-15-19-5-3-6-20(13-19)16-33-10-1-2-11-33/h3,5-6,8-9,13-14,21H,1-2,4,7,10-12,15-18H2,(H,30,35). The van der Waals surface area contributed by atoms with Crippen molar-refractivity contribution in [1.29, 1.82) is 0 Å². The van der Waals surface area contributed by atoms with E-state index < -0.39 is 0 Å². The largest absolute Gasteiger partial charge is 0.352 e. The third kappa shape index (κ3) is 6.45. The number of carbonyl (C=O) groups is 1. The number of aromatic nitrogens is 2. The Morgan fingerprint density at radius 3 is 2.64 bits per heavy atom. The van der Waals surface area contributed by atoms with Gasteiger partial charge in [0.15, 0.2) is 0 Å². The van der Waals surface area contributed by atoms with E-state index >= 15 is 0 Å². The van der Waals surface area contributed by atoms with Gasteiger partial charge in [-0.2, -0.15) is 4.98 Å². The van der Waals surface area contributed by atoms with Gasteiger partial charge in [-0.15, -0.1) is 0 Å². The summed E-state index contributed by atoms with van der Waals surface area (Å²) in [4.78, 5) is 22.2. The van der Waals surface area contributed by atoms with Gasteiger partial charge in [-0.25, -0.2) is 0 Å². The minimum Gasteiger partial charge on any atom is -0.352 e. The Labute approximate surface area is 221 Å². The highest BCUT2D eigenvalue weighted by molar-refractivity contribution is 6.36. The molecule has 190 valence electrons. The van der Waals surface area contributed by atoms with E-state index in [0.717, 1.165) is 31.5 Å². The third-order valence-electron chi connectivity index (χ3n) is 6.94. The predicted octanol–water partition coefficient (Wildman–Crippen LogP) is 5.17. The van der Waals surface area contributed by atoms with Crippen LogP contribution in [-0.4, -0.2) is 52.0 Å². The van der Waals surface area contributed by atoms with Crippen LogP contribution in [0.15, 0.2) is 47.0 Å². The molecule has 2 aliphatic rings. The number of benzene rings is 2. The molecule has 3 aromatic rings. The summed E-state index contributed by atoms with van der Waals surface area (Å²) in [5.41, 5.74) is 3.13. The maximum atomic E-state index is 13.0. The maximum absolute atomic E-state index is 13.0. The first-order valence-corrected chi connectivity index (χ1v) is 13.4. The van der Waals surface area contributed by atoms with Crippen LogP contribution in [0.4, 0.5) is 0 Å². The van der Waals surface area contributed by atoms with Gasteiger partial charge in [-0.1, -0.05) is 52.6 Å². The molecule has 2 aliphatic heterocycles. The molecule has 0 aliphatic carbocycles. The van der Waals surface area contributed by atoms with Crippen molar-refractivity contribution >= 4 is 29.1 Å². The van der Waals surface area contributed by atoms with Crippen molar-refractivity contribution in [3.8, 4) is 11.4 Å². The first-order valence-electron chi connectivity index (χ1n) is 12.6. The van der Waals surface area contributed by atoms with Gasteiger partial charge in [0.25, 0.3) is 0 Å². The Morgan fingerprint density at radius 2 is 1.81 bits per heavy atom. The van der Waals surface area contributed by atoms with E-state index in [1.807, 2.05) is 0 Å². The second kappa shape index (κ2) is 11.7. The molecule has 0 saturated carbocycles. The molecule has 9 heteroatoms. The molecule has 2 saturated heterocycles. The van der Waals surface area contributed by atoms with Crippen LogP contribution in [0.25, 0.3) is 11.4 Å². The fraction of sp³-hybridized carbons (Fsp3) is 0.444. The molecule has 2 aromatic carbocycles. The normalized spacial score (nSPS) is 19.0. The van der Waals surface area contributed by atoms with E-state index in [-0.39, 0.29) is 11.8 Å². The number of hydrogen-bond donors (Lipinski definition) is 1. The Hall–Kier alpha value is -2.45. The molecule has 36 heavy (non-hydrogen) atoms. The molecule has 7 nitrogen and oxygen atoms in total. The van der Waals surface area contributed by atoms with Crippen LogP contribution in [0.1, 0.15) is 42.7 Å². The number of likely N-dealkylation sites (tertiary alicyclic amines) is 2. The predicted molar refractivity (Wildman–Crippen MR) is 141 cm³/mol. The van der Waals surface area contributed by atoms with Gasteiger partial charge < -0.3 is 9.84 Å². The van der Waals surface area contributed by atoms with E-state index in [4.69, 9.17) is 27.7 Å². The van der Waals surface area contributed by atoms with E-state index in [9.17, 15) is 4.79 Å². The zero-order chi connectivity index (χ0) is 24.9. The second-order valence-electron chi connectivity index (χ2n) is 9.73. The molecule has 1 amide bonds. The number of amides is 1. The van der Waals surface area contributed by atoms with Crippen molar-refractivity contribution in [2.45, 2.75) is 45.3 Å². The van der Waals surface area contributed by atoms with Gasteiger partial charge in [-0.05, 0) is 74.6 Å². The number of hydrogen-bond acceptors (Lipinski definition) is 6. The summed E-state index contributed by atoms with van der Waals surface area (Å²) in [5, 5.41) is 8.26. The van der Waals surface area contributed by atoms with Crippen LogP contribution in [0.5, 0.6) is 0 Å². The quantitative estimate of drug-likeness (QED) is 0.435. The van der Waals surface area contributed by atoms with Gasteiger partial charge >= 0.3 is 0 Å². The van der Waals surface area contributed by atoms with Crippen LogP contribution in [0.3, 0.4) is 0 Å². The lowest BCUT2D eigenvalue weighted by Gasteiger charge is -2.30. The zero-order valence-electron chi connectivity index (χ0n) is 20.3. The molecule has 0 bridgehead atoms. The lowest BCUT2D eigenvalue weighted by molar-refractivity contribution is -0.127. The van der Waals surface area contributed by atoms with Crippen molar-refractivity contribution < 1.29 is 9.32 Å². The van der Waals surface area contributed by atoms with Crippen molar-refractivity contribution in [3.63, 3.8) is 0 Å². The minimum absolute atomic E-state index is 0.0559. The van der Waals surface area contributed by atoms with E-state index in [1.54, 1.807) is 18.2 Å². The van der Waals surface area contributed by atoms with E-state index in [1.165, 1.54) is 31.5 Å². The Morgan fingerprint density at radius 1 is 1.00 bits per heavy atom. The molecule has 1 N–H and O–H groups in total. The summed E-state index contributed by atoms with van der Waals surface area (Å²) in [6.45, 7) is 5.96. The van der Waals surface area contributed by atoms with Gasteiger partial charge in [-0.3, -0.25) is 14.6 Å². The Bertz CT molecular complexity index is 1190. The SMILES string of the molecule is O=C(NCc1cccc(CN2CCCC2)c1)C1CCCN(Cc2nc(-c3ccc(Cl)cc3Cl)no2)C1. The van der Waals surface area contributed by atoms with Gasteiger partial charge in [0.05, 0.1) is 17.5 Å². The molecule has 1 unspecified atom stereocenters. The topological polar surface area (TPSA) is 74.5 Å². The van der Waals surface area contributed by atoms with Crippen molar-refractivity contribution in [2.75, 3.05) is 26.2 Å². The molecule has 1 aromatic heterocycles. The molecule has 5 rings (SSSR count). The lowest BCUT2D eigenvalue weighted by atomic mass is 9.97. The Kier molecular flexibility index (Phi) is 8.22. The molecular formula is C27H31Cl2N5O2. The third-order valence-corrected chi connectivity index (χ3v) is 7.49. The van der Waals surface area contributed by atoms with Crippen LogP contribution in [-0.2, 0) is 24.4 Å². The van der Waals surface area contributed by atoms with Crippen molar-refractivity contribution in [1.82, 2.24) is 25.3 Å². The molecule has 2 fully saturated rings. The average Bonchev–Trinajstić information content (AvgIpc) is 3.55. The van der Waals surface area contributed by atoms with E-state index in [2.05, 4.69) is 49.5 Å². The number of nitrogens with zero attached hydrogens (tertiary/aromatic N) is 4. The van der Waals surface area contributed by atoms with Gasteiger partial charge in [0, 0.05) is 30.2 Å². The maximum Gasteiger partial charge on any atom is 0.241 e. The van der Waals surface area contributed by atoms with Crippen LogP contribution in [0.2, 0.25) is 10.0 Å². The summed E-state index contributed by atoms with van der Waals surface area (Å²) >= 11 is 12.3. The number of halogens is 2. The van der Waals surface area contributed by atoms with Crippen LogP contribution < -0.4 is 5.32 Å². The summed E-state index contributed by atoms with van der Waals surface area (Å²) < 4.78 is 5.47. The zero-order valence-corrected chi connectivity index (χ0v) is 21.8. The van der Waals surface area contributed by atoms with Crippen molar-refractivity contribution in [3.05, 3.63) is 69.5 Å². The monoisotopic (exact) mass is 527 g/mol. The second-order valence-corrected chi connectivity index (χ2v) is 10.6. The summed E-state index contributed by atoms with van der Waals surface area (Å²) in [5.74, 6) is 0.986. The highest BCUT2D eigenvalue weighted by Gasteiger charge is 2.27. The van der Waals surface area contributed by atoms with Crippen molar-refractivity contribution in [2.24, 2.45) is 5.92 Å². The van der Waals surface area contributed by atoms with Gasteiger partial charge in [0.1, 0.15) is 0 Å². The number of carbonyl (C=O) groups excluding carboxylic acids is 1. The molecule has 1 atom stereocenters. The number of rotatable bonds is 8. The fourth-order valence-corrected chi connectivity index (χ4v) is 5.57. The van der Waals surface area contributed by atoms with Crippen LogP contribution >= 0.6 is 23.2 Å². The average molecular weight is 528 g/mol. The van der Waals surface area contributed by atoms with Gasteiger partial charge in [0.2, 0.25) is 17.6 Å². The minimum atomic E-state index is -0.0559. The van der Waals surface area contributed by atoms with Crippen LogP contribution in [0, 0.1) is 5.92 Å². The summed E-state index contributed by atoms with van der Waals surface area (Å²) in [6.07, 6.45) is 4.41. The fourth-order valence-electron chi connectivity index (χ4n) is 5.07. The summed E-state index contributed by atoms with van der Waals surface area (Å²) in [6, 6.07) is 13.7. The van der Waals surface area contributed by atoms with E-state index in [0.29, 0.717) is 47.0 Å². The highest BCUT2D eigenvalue weighted by atomic mass is 35.5. The number of piperidine rings is 1. The lowest BCUT2D eigenvalue weighted by Crippen LogP contribution is -2.42. The number of nitrogens with one attached hydrogen (secondary N) is 1.